The van der Waals surface area contributed by atoms with Crippen LogP contribution < -0.4 is 10.9 Å². The maximum absolute atomic E-state index is 11.8. The van der Waals surface area contributed by atoms with Gasteiger partial charge in [0.15, 0.2) is 5.65 Å². The van der Waals surface area contributed by atoms with Crippen LogP contribution in [0.25, 0.3) is 16.8 Å². The molecule has 5 nitrogen and oxygen atoms in total. The van der Waals surface area contributed by atoms with Crippen LogP contribution in [0, 0.1) is 27.7 Å². The molecule has 0 unspecified atom stereocenters. The monoisotopic (exact) mass is 408 g/mol. The lowest BCUT2D eigenvalue weighted by Crippen LogP contribution is -2.06. The summed E-state index contributed by atoms with van der Waals surface area (Å²) in [5.41, 5.74) is 9.52. The zero-order chi connectivity index (χ0) is 19.8. The zero-order valence-electron chi connectivity index (χ0n) is 17.0. The highest BCUT2D eigenvalue weighted by atomic mass is 35.5. The number of fused-ring (bicyclic) bond motifs is 1. The van der Waals surface area contributed by atoms with Crippen LogP contribution in [0.1, 0.15) is 28.1 Å². The van der Waals surface area contributed by atoms with Crippen molar-refractivity contribution in [3.05, 3.63) is 87.2 Å². The summed E-state index contributed by atoms with van der Waals surface area (Å²) in [6.07, 6.45) is 3.72. The Bertz CT molecular complexity index is 1220. The second kappa shape index (κ2) is 8.13. The van der Waals surface area contributed by atoms with E-state index in [0.717, 1.165) is 40.4 Å². The Morgan fingerprint density at radius 1 is 1.03 bits per heavy atom. The Morgan fingerprint density at radius 2 is 1.76 bits per heavy atom. The number of hydrogen-bond donors (Lipinski definition) is 2. The van der Waals surface area contributed by atoms with Crippen LogP contribution in [0.2, 0.25) is 0 Å². The van der Waals surface area contributed by atoms with Crippen LogP contribution in [0.5, 0.6) is 0 Å². The smallest absolute Gasteiger partial charge is 0.248 e. The van der Waals surface area contributed by atoms with Crippen molar-refractivity contribution in [1.29, 1.82) is 0 Å². The third-order valence-electron chi connectivity index (χ3n) is 5.40. The van der Waals surface area contributed by atoms with Gasteiger partial charge in [0.05, 0.1) is 11.4 Å². The van der Waals surface area contributed by atoms with E-state index in [2.05, 4.69) is 59.7 Å². The minimum Gasteiger partial charge on any atom is -0.378 e. The van der Waals surface area contributed by atoms with Crippen molar-refractivity contribution in [2.24, 2.45) is 0 Å². The lowest BCUT2D eigenvalue weighted by Gasteiger charge is -2.14. The predicted molar refractivity (Wildman–Crippen MR) is 121 cm³/mol. The molecule has 0 aliphatic rings. The van der Waals surface area contributed by atoms with Crippen LogP contribution in [0.4, 0.5) is 5.69 Å². The van der Waals surface area contributed by atoms with Crippen LogP contribution in [-0.2, 0) is 6.54 Å². The van der Waals surface area contributed by atoms with Crippen LogP contribution in [0.15, 0.2) is 53.6 Å². The number of hydrogen-bond acceptors (Lipinski definition) is 3. The van der Waals surface area contributed by atoms with E-state index in [0.29, 0.717) is 0 Å². The summed E-state index contributed by atoms with van der Waals surface area (Å²) in [5.74, 6) is 0. The van der Waals surface area contributed by atoms with Crippen molar-refractivity contribution in [3.8, 4) is 11.1 Å². The molecule has 0 saturated carbocycles. The van der Waals surface area contributed by atoms with E-state index in [4.69, 9.17) is 4.98 Å². The van der Waals surface area contributed by atoms with E-state index in [9.17, 15) is 4.79 Å². The van der Waals surface area contributed by atoms with Crippen molar-refractivity contribution in [2.75, 3.05) is 5.32 Å². The molecule has 0 atom stereocenters. The van der Waals surface area contributed by atoms with Crippen molar-refractivity contribution >= 4 is 23.7 Å². The zero-order valence-corrected chi connectivity index (χ0v) is 17.9. The molecular weight excluding hydrogens is 384 g/mol. The fourth-order valence-corrected chi connectivity index (χ4v) is 3.59. The number of rotatable bonds is 4. The van der Waals surface area contributed by atoms with Gasteiger partial charge in [-0.15, -0.1) is 12.4 Å². The summed E-state index contributed by atoms with van der Waals surface area (Å²) in [7, 11) is 0. The Labute approximate surface area is 176 Å². The van der Waals surface area contributed by atoms with Gasteiger partial charge in [0.25, 0.3) is 0 Å². The maximum Gasteiger partial charge on any atom is 0.248 e. The fourth-order valence-electron chi connectivity index (χ4n) is 3.59. The molecule has 0 aliphatic heterocycles. The Morgan fingerprint density at radius 3 is 2.45 bits per heavy atom. The first kappa shape index (κ1) is 20.7. The number of aromatic amines is 1. The largest absolute Gasteiger partial charge is 0.378 e. The summed E-state index contributed by atoms with van der Waals surface area (Å²) in [5, 5.41) is 3.58. The van der Waals surface area contributed by atoms with Crippen molar-refractivity contribution in [3.63, 3.8) is 0 Å². The Kier molecular flexibility index (Phi) is 5.80. The molecule has 4 rings (SSSR count). The third kappa shape index (κ3) is 3.91. The summed E-state index contributed by atoms with van der Waals surface area (Å²) in [4.78, 5) is 19.2. The fraction of sp³-hybridized carbons (Fsp3) is 0.217. The highest BCUT2D eigenvalue weighted by Gasteiger charge is 2.13. The molecule has 3 heterocycles. The lowest BCUT2D eigenvalue weighted by atomic mass is 10.0. The molecule has 0 amide bonds. The van der Waals surface area contributed by atoms with E-state index >= 15 is 0 Å². The highest BCUT2D eigenvalue weighted by molar-refractivity contribution is 5.85. The van der Waals surface area contributed by atoms with Gasteiger partial charge in [-0.25, -0.2) is 4.98 Å². The summed E-state index contributed by atoms with van der Waals surface area (Å²) in [6, 6.07) is 12.0. The topological polar surface area (TPSA) is 62.2 Å². The number of nitrogens with zero attached hydrogens (tertiary/aromatic N) is 2. The van der Waals surface area contributed by atoms with Gasteiger partial charge in [0.1, 0.15) is 0 Å². The van der Waals surface area contributed by atoms with E-state index < -0.39 is 0 Å². The molecule has 150 valence electrons. The normalized spacial score (nSPS) is 10.8. The SMILES string of the molecule is Cc1cccc(C)c1CNc1cc(-c2cc[nH]c(=O)c2)cn2c(C)c(C)nc12.Cl. The average molecular weight is 409 g/mol. The quantitative estimate of drug-likeness (QED) is 0.501. The number of nitrogens with one attached hydrogen (secondary N) is 2. The van der Waals surface area contributed by atoms with Gasteiger partial charge in [-0.1, -0.05) is 18.2 Å². The second-order valence-corrected chi connectivity index (χ2v) is 7.28. The van der Waals surface area contributed by atoms with Gasteiger partial charge in [0, 0.05) is 36.3 Å². The number of aromatic nitrogens is 3. The van der Waals surface area contributed by atoms with Gasteiger partial charge >= 0.3 is 0 Å². The first-order valence-corrected chi connectivity index (χ1v) is 9.41. The Balaban J connectivity index is 0.00000240. The molecular formula is C23H25ClN4O. The molecule has 0 radical (unpaired) electrons. The van der Waals surface area contributed by atoms with Gasteiger partial charge in [-0.3, -0.25) is 4.79 Å². The molecule has 0 aliphatic carbocycles. The third-order valence-corrected chi connectivity index (χ3v) is 5.40. The van der Waals surface area contributed by atoms with Gasteiger partial charge in [0.2, 0.25) is 5.56 Å². The van der Waals surface area contributed by atoms with Crippen molar-refractivity contribution < 1.29 is 0 Å². The van der Waals surface area contributed by atoms with Gasteiger partial charge in [-0.2, -0.15) is 0 Å². The molecule has 1 aromatic carbocycles. The lowest BCUT2D eigenvalue weighted by molar-refractivity contribution is 1.07. The first-order chi connectivity index (χ1) is 13.4. The molecule has 3 aromatic heterocycles. The summed E-state index contributed by atoms with van der Waals surface area (Å²) in [6.45, 7) is 9.07. The molecule has 29 heavy (non-hydrogen) atoms. The van der Waals surface area contributed by atoms with Gasteiger partial charge < -0.3 is 14.7 Å². The van der Waals surface area contributed by atoms with Crippen LogP contribution in [-0.4, -0.2) is 14.4 Å². The van der Waals surface area contributed by atoms with Crippen molar-refractivity contribution in [1.82, 2.24) is 14.4 Å². The molecule has 0 spiro atoms. The molecule has 6 heteroatoms. The average Bonchev–Trinajstić information content (AvgIpc) is 2.96. The summed E-state index contributed by atoms with van der Waals surface area (Å²) < 4.78 is 2.10. The van der Waals surface area contributed by atoms with E-state index in [1.54, 1.807) is 12.3 Å². The minimum absolute atomic E-state index is 0. The molecule has 0 saturated heterocycles. The molecule has 2 N–H and O–H groups in total. The highest BCUT2D eigenvalue weighted by Crippen LogP contribution is 2.28. The molecule has 0 bridgehead atoms. The minimum atomic E-state index is -0.110. The number of imidazole rings is 1. The predicted octanol–water partition coefficient (Wildman–Crippen LogP) is 4.96. The van der Waals surface area contributed by atoms with Crippen LogP contribution in [0.3, 0.4) is 0 Å². The maximum atomic E-state index is 11.8. The Hall–Kier alpha value is -3.05. The van der Waals surface area contributed by atoms with E-state index in [1.807, 2.05) is 19.2 Å². The molecule has 0 fully saturated rings. The number of anilines is 1. The number of aryl methyl sites for hydroxylation is 4. The van der Waals surface area contributed by atoms with Crippen LogP contribution >= 0.6 is 12.4 Å². The second-order valence-electron chi connectivity index (χ2n) is 7.28. The number of benzene rings is 1. The number of halogens is 1. The van der Waals surface area contributed by atoms with Crippen molar-refractivity contribution in [2.45, 2.75) is 34.2 Å². The summed E-state index contributed by atoms with van der Waals surface area (Å²) >= 11 is 0. The molecule has 4 aromatic rings. The standard InChI is InChI=1S/C23H24N4O.ClH/c1-14-6-5-7-15(2)20(14)12-25-21-10-19(18-8-9-24-22(28)11-18)13-27-17(4)16(3)26-23(21)27;/h5-11,13,25H,12H2,1-4H3,(H,24,28);1H. The number of H-pyrrole nitrogens is 1. The van der Waals surface area contributed by atoms with Gasteiger partial charge in [-0.05, 0) is 62.1 Å². The van der Waals surface area contributed by atoms with E-state index in [-0.39, 0.29) is 18.0 Å². The van der Waals surface area contributed by atoms with E-state index in [1.165, 1.54) is 16.7 Å². The number of pyridine rings is 2. The first-order valence-electron chi connectivity index (χ1n) is 9.41.